The summed E-state index contributed by atoms with van der Waals surface area (Å²) in [6.07, 6.45) is 1.65. The van der Waals surface area contributed by atoms with Crippen molar-refractivity contribution in [2.24, 2.45) is 0 Å². The third-order valence-corrected chi connectivity index (χ3v) is 3.81. The molecule has 2 heterocycles. The summed E-state index contributed by atoms with van der Waals surface area (Å²) in [5, 5.41) is 5.13. The van der Waals surface area contributed by atoms with Crippen molar-refractivity contribution in [3.63, 3.8) is 0 Å². The van der Waals surface area contributed by atoms with Crippen molar-refractivity contribution in [3.05, 3.63) is 59.3 Å². The molecule has 21 heavy (non-hydrogen) atoms. The third-order valence-electron chi connectivity index (χ3n) is 2.95. The highest BCUT2D eigenvalue weighted by Crippen LogP contribution is 2.24. The summed E-state index contributed by atoms with van der Waals surface area (Å²) in [5.74, 6) is 1.48. The highest BCUT2D eigenvalue weighted by molar-refractivity contribution is 7.13. The number of hydrogen-bond donors (Lipinski definition) is 1. The van der Waals surface area contributed by atoms with Gasteiger partial charge < -0.3 is 14.5 Å². The molecule has 0 bridgehead atoms. The molecular weight excluding hydrogens is 284 g/mol. The molecular formula is C16H16N2O2S. The quantitative estimate of drug-likeness (QED) is 0.754. The molecule has 1 aromatic carbocycles. The van der Waals surface area contributed by atoms with Crippen LogP contribution in [0.4, 0.5) is 0 Å². The van der Waals surface area contributed by atoms with E-state index in [9.17, 15) is 0 Å². The Morgan fingerprint density at radius 1 is 1.29 bits per heavy atom. The lowest BCUT2D eigenvalue weighted by Gasteiger charge is -2.06. The fourth-order valence-corrected chi connectivity index (χ4v) is 2.65. The molecule has 0 unspecified atom stereocenters. The number of ether oxygens (including phenoxy) is 1. The SMILES string of the molecule is CNCc1cccc(OCc2coc(-c3cccs3)n2)c1. The summed E-state index contributed by atoms with van der Waals surface area (Å²) in [7, 11) is 1.93. The molecule has 108 valence electrons. The molecule has 4 nitrogen and oxygen atoms in total. The van der Waals surface area contributed by atoms with Crippen LogP contribution in [-0.2, 0) is 13.2 Å². The summed E-state index contributed by atoms with van der Waals surface area (Å²) in [6, 6.07) is 12.0. The summed E-state index contributed by atoms with van der Waals surface area (Å²) in [4.78, 5) is 5.46. The second kappa shape index (κ2) is 6.56. The Kier molecular flexibility index (Phi) is 4.33. The number of nitrogens with one attached hydrogen (secondary N) is 1. The van der Waals surface area contributed by atoms with Gasteiger partial charge in [-0.25, -0.2) is 4.98 Å². The molecule has 2 aromatic heterocycles. The van der Waals surface area contributed by atoms with E-state index >= 15 is 0 Å². The molecule has 0 atom stereocenters. The first-order chi connectivity index (χ1) is 10.3. The Morgan fingerprint density at radius 3 is 3.05 bits per heavy atom. The zero-order valence-corrected chi connectivity index (χ0v) is 12.5. The van der Waals surface area contributed by atoms with Crippen LogP contribution < -0.4 is 10.1 Å². The second-order valence-corrected chi connectivity index (χ2v) is 5.54. The molecule has 3 rings (SSSR count). The van der Waals surface area contributed by atoms with Crippen LogP contribution in [0.2, 0.25) is 0 Å². The Bertz CT molecular complexity index is 692. The fourth-order valence-electron chi connectivity index (χ4n) is 1.99. The van der Waals surface area contributed by atoms with E-state index in [1.54, 1.807) is 17.6 Å². The van der Waals surface area contributed by atoms with Crippen molar-refractivity contribution in [2.45, 2.75) is 13.2 Å². The fraction of sp³-hybridized carbons (Fsp3) is 0.188. The van der Waals surface area contributed by atoms with E-state index < -0.39 is 0 Å². The Balaban J connectivity index is 1.64. The van der Waals surface area contributed by atoms with Crippen LogP contribution in [0.5, 0.6) is 5.75 Å². The molecule has 0 aliphatic heterocycles. The van der Waals surface area contributed by atoms with E-state index in [4.69, 9.17) is 9.15 Å². The third kappa shape index (κ3) is 3.51. The lowest BCUT2D eigenvalue weighted by atomic mass is 10.2. The molecule has 3 aromatic rings. The lowest BCUT2D eigenvalue weighted by molar-refractivity contribution is 0.300. The first-order valence-corrected chi connectivity index (χ1v) is 7.58. The normalized spacial score (nSPS) is 10.7. The van der Waals surface area contributed by atoms with E-state index in [0.717, 1.165) is 22.9 Å². The smallest absolute Gasteiger partial charge is 0.236 e. The average molecular weight is 300 g/mol. The van der Waals surface area contributed by atoms with Gasteiger partial charge in [0.2, 0.25) is 5.89 Å². The number of aromatic nitrogens is 1. The van der Waals surface area contributed by atoms with Gasteiger partial charge in [-0.15, -0.1) is 11.3 Å². The van der Waals surface area contributed by atoms with Crippen molar-refractivity contribution >= 4 is 11.3 Å². The van der Waals surface area contributed by atoms with Crippen LogP contribution in [0, 0.1) is 0 Å². The maximum absolute atomic E-state index is 5.76. The Labute approximate surface area is 127 Å². The van der Waals surface area contributed by atoms with Gasteiger partial charge >= 0.3 is 0 Å². The molecule has 0 aliphatic carbocycles. The topological polar surface area (TPSA) is 47.3 Å². The maximum Gasteiger partial charge on any atom is 0.236 e. The monoisotopic (exact) mass is 300 g/mol. The van der Waals surface area contributed by atoms with Crippen LogP contribution in [0.3, 0.4) is 0 Å². The summed E-state index contributed by atoms with van der Waals surface area (Å²) >= 11 is 1.61. The Hall–Kier alpha value is -2.11. The van der Waals surface area contributed by atoms with Gasteiger partial charge in [0.05, 0.1) is 4.88 Å². The zero-order valence-electron chi connectivity index (χ0n) is 11.7. The largest absolute Gasteiger partial charge is 0.487 e. The molecule has 0 saturated carbocycles. The second-order valence-electron chi connectivity index (χ2n) is 4.59. The van der Waals surface area contributed by atoms with Crippen molar-refractivity contribution in [3.8, 4) is 16.5 Å². The summed E-state index contributed by atoms with van der Waals surface area (Å²) in [5.41, 5.74) is 1.98. The predicted octanol–water partition coefficient (Wildman–Crippen LogP) is 3.70. The van der Waals surface area contributed by atoms with E-state index in [1.807, 2.05) is 42.8 Å². The number of benzene rings is 1. The zero-order chi connectivity index (χ0) is 14.5. The molecule has 5 heteroatoms. The predicted molar refractivity (Wildman–Crippen MR) is 83.4 cm³/mol. The van der Waals surface area contributed by atoms with Gasteiger partial charge in [-0.05, 0) is 36.2 Å². The standard InChI is InChI=1S/C16H16N2O2S/c1-17-9-12-4-2-5-14(8-12)19-10-13-11-20-16(18-13)15-6-3-7-21-15/h2-8,11,17H,9-10H2,1H3. The molecule has 0 saturated heterocycles. The Morgan fingerprint density at radius 2 is 2.24 bits per heavy atom. The number of thiophene rings is 1. The minimum atomic E-state index is 0.401. The molecule has 0 amide bonds. The molecule has 0 radical (unpaired) electrons. The first-order valence-electron chi connectivity index (χ1n) is 6.70. The van der Waals surface area contributed by atoms with Crippen LogP contribution in [-0.4, -0.2) is 12.0 Å². The van der Waals surface area contributed by atoms with Crippen molar-refractivity contribution < 1.29 is 9.15 Å². The van der Waals surface area contributed by atoms with Crippen LogP contribution in [0.15, 0.2) is 52.5 Å². The molecule has 0 spiro atoms. The van der Waals surface area contributed by atoms with Gasteiger partial charge in [0.25, 0.3) is 0 Å². The highest BCUT2D eigenvalue weighted by Gasteiger charge is 2.08. The lowest BCUT2D eigenvalue weighted by Crippen LogP contribution is -2.05. The van der Waals surface area contributed by atoms with Gasteiger partial charge in [-0.3, -0.25) is 0 Å². The summed E-state index contributed by atoms with van der Waals surface area (Å²) < 4.78 is 11.2. The number of oxazole rings is 1. The minimum absolute atomic E-state index is 0.401. The molecule has 0 aliphatic rings. The highest BCUT2D eigenvalue weighted by atomic mass is 32.1. The molecule has 0 fully saturated rings. The first kappa shape index (κ1) is 13.9. The van der Waals surface area contributed by atoms with Crippen molar-refractivity contribution in [1.29, 1.82) is 0 Å². The molecule has 1 N–H and O–H groups in total. The van der Waals surface area contributed by atoms with Gasteiger partial charge in [-0.2, -0.15) is 0 Å². The van der Waals surface area contributed by atoms with Crippen LogP contribution >= 0.6 is 11.3 Å². The van der Waals surface area contributed by atoms with E-state index in [-0.39, 0.29) is 0 Å². The summed E-state index contributed by atoms with van der Waals surface area (Å²) in [6.45, 7) is 1.22. The van der Waals surface area contributed by atoms with Gasteiger partial charge in [0, 0.05) is 6.54 Å². The number of rotatable bonds is 6. The van der Waals surface area contributed by atoms with E-state index in [2.05, 4.69) is 16.4 Å². The van der Waals surface area contributed by atoms with E-state index in [1.165, 1.54) is 5.56 Å². The minimum Gasteiger partial charge on any atom is -0.487 e. The van der Waals surface area contributed by atoms with E-state index in [0.29, 0.717) is 12.5 Å². The number of hydrogen-bond acceptors (Lipinski definition) is 5. The average Bonchev–Trinajstić information content (AvgIpc) is 3.17. The van der Waals surface area contributed by atoms with Crippen molar-refractivity contribution in [2.75, 3.05) is 7.05 Å². The maximum atomic E-state index is 5.76. The van der Waals surface area contributed by atoms with Gasteiger partial charge in [0.1, 0.15) is 24.3 Å². The van der Waals surface area contributed by atoms with Gasteiger partial charge in [-0.1, -0.05) is 18.2 Å². The van der Waals surface area contributed by atoms with Crippen LogP contribution in [0.25, 0.3) is 10.8 Å². The van der Waals surface area contributed by atoms with Gasteiger partial charge in [0.15, 0.2) is 0 Å². The van der Waals surface area contributed by atoms with Crippen molar-refractivity contribution in [1.82, 2.24) is 10.3 Å². The van der Waals surface area contributed by atoms with Crippen LogP contribution in [0.1, 0.15) is 11.3 Å². The number of nitrogens with zero attached hydrogens (tertiary/aromatic N) is 1.